The Hall–Kier alpha value is -1.95. The summed E-state index contributed by atoms with van der Waals surface area (Å²) in [4.78, 5) is 23.8. The van der Waals surface area contributed by atoms with E-state index in [0.29, 0.717) is 0 Å². The molecule has 6 nitrogen and oxygen atoms in total. The first-order chi connectivity index (χ1) is 9.04. The van der Waals surface area contributed by atoms with Crippen LogP contribution in [0.25, 0.3) is 0 Å². The van der Waals surface area contributed by atoms with Gasteiger partial charge in [0, 0.05) is 19.2 Å². The number of likely N-dealkylation sites (N-methyl/N-ethyl adjacent to an activating group) is 1. The number of benzene rings is 1. The summed E-state index contributed by atoms with van der Waals surface area (Å²) in [6.45, 7) is 2.04. The van der Waals surface area contributed by atoms with Crippen LogP contribution in [0.1, 0.15) is 31.5 Å². The Kier molecular flexibility index (Phi) is 3.80. The number of nitro benzene ring substituents is 1. The molecule has 1 N–H and O–H groups in total. The van der Waals surface area contributed by atoms with Crippen molar-refractivity contribution < 1.29 is 9.72 Å². The van der Waals surface area contributed by atoms with Gasteiger partial charge in [0.1, 0.15) is 6.17 Å². The summed E-state index contributed by atoms with van der Waals surface area (Å²) in [5.41, 5.74) is 0.917. The minimum absolute atomic E-state index is 0.0563. The highest BCUT2D eigenvalue weighted by Crippen LogP contribution is 2.26. The number of hydrogen-bond donors (Lipinski definition) is 1. The van der Waals surface area contributed by atoms with Crippen LogP contribution in [-0.4, -0.2) is 28.8 Å². The third-order valence-electron chi connectivity index (χ3n) is 3.39. The van der Waals surface area contributed by atoms with E-state index in [-0.39, 0.29) is 23.8 Å². The molecular weight excluding hydrogens is 246 g/mol. The third kappa shape index (κ3) is 2.58. The average Bonchev–Trinajstić information content (AvgIpc) is 2.68. The average molecular weight is 263 g/mol. The first-order valence-corrected chi connectivity index (χ1v) is 6.31. The fourth-order valence-corrected chi connectivity index (χ4v) is 2.34. The van der Waals surface area contributed by atoms with Crippen LogP contribution in [0.3, 0.4) is 0 Å². The summed E-state index contributed by atoms with van der Waals surface area (Å²) in [5.74, 6) is 0.0743. The van der Waals surface area contributed by atoms with Crippen molar-refractivity contribution in [1.82, 2.24) is 10.2 Å². The summed E-state index contributed by atoms with van der Waals surface area (Å²) in [7, 11) is 1.75. The number of non-ortho nitro benzene ring substituents is 1. The Labute approximate surface area is 111 Å². The van der Waals surface area contributed by atoms with E-state index in [1.165, 1.54) is 12.1 Å². The van der Waals surface area contributed by atoms with E-state index in [2.05, 4.69) is 5.32 Å². The zero-order valence-corrected chi connectivity index (χ0v) is 11.0. The first-order valence-electron chi connectivity index (χ1n) is 6.31. The molecule has 1 fully saturated rings. The normalized spacial score (nSPS) is 22.8. The lowest BCUT2D eigenvalue weighted by Gasteiger charge is -2.19. The lowest BCUT2D eigenvalue weighted by atomic mass is 10.1. The lowest BCUT2D eigenvalue weighted by molar-refractivity contribution is -0.384. The maximum absolute atomic E-state index is 12.0. The summed E-state index contributed by atoms with van der Waals surface area (Å²) in [6.07, 6.45) is 1.53. The van der Waals surface area contributed by atoms with Gasteiger partial charge in [0.05, 0.1) is 11.0 Å². The van der Waals surface area contributed by atoms with Crippen LogP contribution < -0.4 is 5.32 Å². The van der Waals surface area contributed by atoms with E-state index in [4.69, 9.17) is 0 Å². The summed E-state index contributed by atoms with van der Waals surface area (Å²) < 4.78 is 0. The van der Waals surface area contributed by atoms with E-state index in [0.717, 1.165) is 18.4 Å². The van der Waals surface area contributed by atoms with Gasteiger partial charge in [-0.1, -0.05) is 13.3 Å². The molecule has 0 saturated carbocycles. The molecule has 102 valence electrons. The molecule has 19 heavy (non-hydrogen) atoms. The quantitative estimate of drug-likeness (QED) is 0.664. The van der Waals surface area contributed by atoms with Crippen molar-refractivity contribution in [3.8, 4) is 0 Å². The lowest BCUT2D eigenvalue weighted by Crippen LogP contribution is -2.28. The van der Waals surface area contributed by atoms with Crippen LogP contribution in [0, 0.1) is 10.1 Å². The minimum atomic E-state index is -0.430. The third-order valence-corrected chi connectivity index (χ3v) is 3.39. The molecule has 0 bridgehead atoms. The molecule has 1 aliphatic rings. The van der Waals surface area contributed by atoms with E-state index in [9.17, 15) is 14.9 Å². The van der Waals surface area contributed by atoms with Crippen molar-refractivity contribution >= 4 is 11.6 Å². The molecule has 0 aliphatic carbocycles. The van der Waals surface area contributed by atoms with E-state index in [1.807, 2.05) is 6.92 Å². The van der Waals surface area contributed by atoms with Crippen molar-refractivity contribution in [2.75, 3.05) is 7.05 Å². The van der Waals surface area contributed by atoms with E-state index < -0.39 is 4.92 Å². The molecule has 1 amide bonds. The van der Waals surface area contributed by atoms with Gasteiger partial charge in [-0.3, -0.25) is 20.2 Å². The van der Waals surface area contributed by atoms with Gasteiger partial charge in [0.15, 0.2) is 0 Å². The fourth-order valence-electron chi connectivity index (χ4n) is 2.34. The molecule has 0 spiro atoms. The Bertz CT molecular complexity index is 486. The topological polar surface area (TPSA) is 75.5 Å². The zero-order chi connectivity index (χ0) is 14.0. The maximum Gasteiger partial charge on any atom is 0.269 e. The van der Waals surface area contributed by atoms with Crippen molar-refractivity contribution in [2.24, 2.45) is 0 Å². The van der Waals surface area contributed by atoms with Crippen LogP contribution in [-0.2, 0) is 4.79 Å². The summed E-state index contributed by atoms with van der Waals surface area (Å²) in [6, 6.07) is 6.14. The fraction of sp³-hybridized carbons (Fsp3) is 0.462. The van der Waals surface area contributed by atoms with Crippen LogP contribution in [0.2, 0.25) is 0 Å². The highest BCUT2D eigenvalue weighted by Gasteiger charge is 2.36. The van der Waals surface area contributed by atoms with Crippen molar-refractivity contribution in [3.05, 3.63) is 39.9 Å². The van der Waals surface area contributed by atoms with Crippen molar-refractivity contribution in [1.29, 1.82) is 0 Å². The van der Waals surface area contributed by atoms with Gasteiger partial charge in [0.25, 0.3) is 5.69 Å². The molecule has 1 heterocycles. The van der Waals surface area contributed by atoms with E-state index in [1.54, 1.807) is 24.1 Å². The largest absolute Gasteiger partial charge is 0.325 e. The number of rotatable bonds is 4. The first kappa shape index (κ1) is 13.5. The summed E-state index contributed by atoms with van der Waals surface area (Å²) in [5, 5.41) is 13.9. The minimum Gasteiger partial charge on any atom is -0.325 e. The number of nitrogens with zero attached hydrogens (tertiary/aromatic N) is 2. The van der Waals surface area contributed by atoms with E-state index >= 15 is 0 Å². The van der Waals surface area contributed by atoms with Gasteiger partial charge in [-0.05, 0) is 24.1 Å². The van der Waals surface area contributed by atoms with Crippen LogP contribution in [0.5, 0.6) is 0 Å². The SMILES string of the molecule is CCCC1NC(c2ccc([N+](=O)[O-])cc2)N(C)C1=O. The monoisotopic (exact) mass is 263 g/mol. The Morgan fingerprint density at radius 3 is 2.53 bits per heavy atom. The second-order valence-corrected chi connectivity index (χ2v) is 4.71. The van der Waals surface area contributed by atoms with Gasteiger partial charge in [-0.2, -0.15) is 0 Å². The number of nitrogens with one attached hydrogen (secondary N) is 1. The van der Waals surface area contributed by atoms with Gasteiger partial charge in [-0.25, -0.2) is 0 Å². The predicted octanol–water partition coefficient (Wildman–Crippen LogP) is 1.82. The molecule has 0 aromatic heterocycles. The number of carbonyl (C=O) groups excluding carboxylic acids is 1. The smallest absolute Gasteiger partial charge is 0.269 e. The molecule has 1 aromatic carbocycles. The second kappa shape index (κ2) is 5.36. The molecule has 6 heteroatoms. The van der Waals surface area contributed by atoms with Gasteiger partial charge < -0.3 is 4.90 Å². The number of carbonyl (C=O) groups is 1. The molecule has 1 aliphatic heterocycles. The molecule has 2 rings (SSSR count). The number of hydrogen-bond acceptors (Lipinski definition) is 4. The molecule has 1 aromatic rings. The Morgan fingerprint density at radius 1 is 1.37 bits per heavy atom. The van der Waals surface area contributed by atoms with Crippen molar-refractivity contribution in [2.45, 2.75) is 32.0 Å². The maximum atomic E-state index is 12.0. The molecular formula is C13H17N3O3. The second-order valence-electron chi connectivity index (χ2n) is 4.71. The standard InChI is InChI=1S/C13H17N3O3/c1-3-4-11-13(17)15(2)12(14-11)9-5-7-10(8-6-9)16(18)19/h5-8,11-12,14H,3-4H2,1-2H3. The molecule has 1 saturated heterocycles. The number of amides is 1. The highest BCUT2D eigenvalue weighted by molar-refractivity contribution is 5.84. The van der Waals surface area contributed by atoms with Gasteiger partial charge in [-0.15, -0.1) is 0 Å². The van der Waals surface area contributed by atoms with Crippen LogP contribution in [0.4, 0.5) is 5.69 Å². The van der Waals surface area contributed by atoms with Crippen LogP contribution in [0.15, 0.2) is 24.3 Å². The van der Waals surface area contributed by atoms with Gasteiger partial charge in [0.2, 0.25) is 5.91 Å². The zero-order valence-electron chi connectivity index (χ0n) is 11.0. The Morgan fingerprint density at radius 2 is 2.00 bits per heavy atom. The molecule has 0 radical (unpaired) electrons. The van der Waals surface area contributed by atoms with Gasteiger partial charge >= 0.3 is 0 Å². The molecule has 2 atom stereocenters. The summed E-state index contributed by atoms with van der Waals surface area (Å²) >= 11 is 0. The Balaban J connectivity index is 2.18. The molecule has 2 unspecified atom stereocenters. The predicted molar refractivity (Wildman–Crippen MR) is 70.4 cm³/mol. The number of nitro groups is 1. The highest BCUT2D eigenvalue weighted by atomic mass is 16.6. The van der Waals surface area contributed by atoms with Crippen LogP contribution >= 0.6 is 0 Å². The van der Waals surface area contributed by atoms with Crippen molar-refractivity contribution in [3.63, 3.8) is 0 Å².